The van der Waals surface area contributed by atoms with Gasteiger partial charge in [-0.15, -0.1) is 0 Å². The van der Waals surface area contributed by atoms with Crippen LogP contribution in [0.1, 0.15) is 52.4 Å². The lowest BCUT2D eigenvalue weighted by Gasteiger charge is -2.23. The Labute approximate surface area is 119 Å². The van der Waals surface area contributed by atoms with Crippen molar-refractivity contribution in [3.63, 3.8) is 0 Å². The Bertz CT molecular complexity index is 253. The Morgan fingerprint density at radius 1 is 1.21 bits per heavy atom. The van der Waals surface area contributed by atoms with Crippen molar-refractivity contribution < 1.29 is 0 Å². The van der Waals surface area contributed by atoms with Crippen molar-refractivity contribution in [1.29, 1.82) is 0 Å². The molecule has 4 heteroatoms. The van der Waals surface area contributed by atoms with E-state index in [0.29, 0.717) is 6.04 Å². The van der Waals surface area contributed by atoms with Crippen LogP contribution in [-0.2, 0) is 0 Å². The van der Waals surface area contributed by atoms with Gasteiger partial charge in [0.1, 0.15) is 0 Å². The zero-order chi connectivity index (χ0) is 13.9. The van der Waals surface area contributed by atoms with Gasteiger partial charge in [0.15, 0.2) is 5.96 Å². The highest BCUT2D eigenvalue weighted by Crippen LogP contribution is 2.15. The van der Waals surface area contributed by atoms with E-state index in [1.165, 1.54) is 45.1 Å². The van der Waals surface area contributed by atoms with Gasteiger partial charge in [-0.1, -0.05) is 33.1 Å². The summed E-state index contributed by atoms with van der Waals surface area (Å²) in [6, 6.07) is 0.684. The van der Waals surface area contributed by atoms with Crippen LogP contribution in [0.2, 0.25) is 0 Å². The average molecular weight is 268 g/mol. The van der Waals surface area contributed by atoms with Crippen molar-refractivity contribution in [3.05, 3.63) is 0 Å². The number of aliphatic imine (C=N–C) groups is 1. The SMILES string of the molecule is CCCCCCNC(=NC)NCC1CCCN1CC. The highest BCUT2D eigenvalue weighted by molar-refractivity contribution is 5.79. The molecule has 4 nitrogen and oxygen atoms in total. The quantitative estimate of drug-likeness (QED) is 0.403. The number of hydrogen-bond acceptors (Lipinski definition) is 2. The Kier molecular flexibility index (Phi) is 8.63. The van der Waals surface area contributed by atoms with Crippen LogP contribution in [0.3, 0.4) is 0 Å². The van der Waals surface area contributed by atoms with Crippen LogP contribution in [0.15, 0.2) is 4.99 Å². The first-order valence-corrected chi connectivity index (χ1v) is 8.00. The van der Waals surface area contributed by atoms with Crippen molar-refractivity contribution in [3.8, 4) is 0 Å². The number of likely N-dealkylation sites (tertiary alicyclic amines) is 1. The van der Waals surface area contributed by atoms with Crippen molar-refractivity contribution in [2.45, 2.75) is 58.4 Å². The first-order chi connectivity index (χ1) is 9.31. The maximum atomic E-state index is 4.29. The summed E-state index contributed by atoms with van der Waals surface area (Å²) in [6.45, 7) is 8.96. The zero-order valence-electron chi connectivity index (χ0n) is 13.0. The van der Waals surface area contributed by atoms with Crippen LogP contribution in [0.4, 0.5) is 0 Å². The molecule has 0 aromatic rings. The fourth-order valence-corrected chi connectivity index (χ4v) is 2.74. The molecule has 1 heterocycles. The van der Waals surface area contributed by atoms with Crippen LogP contribution >= 0.6 is 0 Å². The Morgan fingerprint density at radius 3 is 2.74 bits per heavy atom. The van der Waals surface area contributed by atoms with Crippen LogP contribution in [0.5, 0.6) is 0 Å². The summed E-state index contributed by atoms with van der Waals surface area (Å²) in [4.78, 5) is 6.85. The first kappa shape index (κ1) is 16.3. The number of nitrogens with zero attached hydrogens (tertiary/aromatic N) is 2. The second kappa shape index (κ2) is 10.1. The van der Waals surface area contributed by atoms with Gasteiger partial charge in [-0.05, 0) is 32.4 Å². The lowest BCUT2D eigenvalue weighted by molar-refractivity contribution is 0.267. The minimum Gasteiger partial charge on any atom is -0.356 e. The lowest BCUT2D eigenvalue weighted by Crippen LogP contribution is -2.45. The number of likely N-dealkylation sites (N-methyl/N-ethyl adjacent to an activating group) is 1. The molecule has 1 unspecified atom stereocenters. The molecule has 0 aromatic carbocycles. The van der Waals surface area contributed by atoms with Crippen molar-refractivity contribution >= 4 is 5.96 Å². The second-order valence-electron chi connectivity index (χ2n) is 5.37. The van der Waals surface area contributed by atoms with E-state index >= 15 is 0 Å². The molecule has 0 aliphatic carbocycles. The molecule has 0 spiro atoms. The fourth-order valence-electron chi connectivity index (χ4n) is 2.74. The largest absolute Gasteiger partial charge is 0.356 e. The smallest absolute Gasteiger partial charge is 0.191 e. The van der Waals surface area contributed by atoms with Gasteiger partial charge >= 0.3 is 0 Å². The van der Waals surface area contributed by atoms with Gasteiger partial charge in [0.2, 0.25) is 0 Å². The Balaban J connectivity index is 2.14. The molecular formula is C15H32N4. The number of unbranched alkanes of at least 4 members (excludes halogenated alkanes) is 3. The third-order valence-corrected chi connectivity index (χ3v) is 3.96. The molecule has 0 radical (unpaired) electrons. The summed E-state index contributed by atoms with van der Waals surface area (Å²) in [5, 5.41) is 6.87. The van der Waals surface area contributed by atoms with Crippen LogP contribution in [0.25, 0.3) is 0 Å². The molecule has 19 heavy (non-hydrogen) atoms. The van der Waals surface area contributed by atoms with Crippen molar-refractivity contribution in [2.24, 2.45) is 4.99 Å². The van der Waals surface area contributed by atoms with Gasteiger partial charge < -0.3 is 10.6 Å². The van der Waals surface area contributed by atoms with Crippen LogP contribution < -0.4 is 10.6 Å². The van der Waals surface area contributed by atoms with Crippen LogP contribution in [0, 0.1) is 0 Å². The van der Waals surface area contributed by atoms with Gasteiger partial charge in [-0.2, -0.15) is 0 Å². The summed E-state index contributed by atoms with van der Waals surface area (Å²) < 4.78 is 0. The Morgan fingerprint density at radius 2 is 2.05 bits per heavy atom. The average Bonchev–Trinajstić information content (AvgIpc) is 2.89. The third kappa shape index (κ3) is 6.28. The molecule has 112 valence electrons. The monoisotopic (exact) mass is 268 g/mol. The van der Waals surface area contributed by atoms with E-state index in [9.17, 15) is 0 Å². The fraction of sp³-hybridized carbons (Fsp3) is 0.933. The van der Waals surface area contributed by atoms with Crippen LogP contribution in [-0.4, -0.2) is 50.1 Å². The van der Waals surface area contributed by atoms with E-state index in [0.717, 1.165) is 25.6 Å². The number of guanidine groups is 1. The van der Waals surface area contributed by atoms with E-state index in [4.69, 9.17) is 0 Å². The topological polar surface area (TPSA) is 39.7 Å². The maximum Gasteiger partial charge on any atom is 0.191 e. The summed E-state index contributed by atoms with van der Waals surface area (Å²) in [7, 11) is 1.85. The summed E-state index contributed by atoms with van der Waals surface area (Å²) in [5.74, 6) is 0.958. The molecule has 0 amide bonds. The van der Waals surface area contributed by atoms with E-state index in [-0.39, 0.29) is 0 Å². The summed E-state index contributed by atoms with van der Waals surface area (Å²) in [5.41, 5.74) is 0. The molecule has 1 rings (SSSR count). The minimum absolute atomic E-state index is 0.684. The lowest BCUT2D eigenvalue weighted by atomic mass is 10.2. The van der Waals surface area contributed by atoms with Gasteiger partial charge in [0.25, 0.3) is 0 Å². The summed E-state index contributed by atoms with van der Waals surface area (Å²) in [6.07, 6.45) is 7.83. The molecule has 1 fully saturated rings. The van der Waals surface area contributed by atoms with Gasteiger partial charge in [-0.3, -0.25) is 9.89 Å². The van der Waals surface area contributed by atoms with Gasteiger partial charge in [-0.25, -0.2) is 0 Å². The molecule has 1 aliphatic heterocycles. The number of rotatable bonds is 8. The van der Waals surface area contributed by atoms with Crippen molar-refractivity contribution in [1.82, 2.24) is 15.5 Å². The molecule has 0 saturated carbocycles. The van der Waals surface area contributed by atoms with Gasteiger partial charge in [0.05, 0.1) is 0 Å². The molecule has 1 atom stereocenters. The Hall–Kier alpha value is -0.770. The predicted molar refractivity (Wildman–Crippen MR) is 83.8 cm³/mol. The maximum absolute atomic E-state index is 4.29. The molecule has 0 aromatic heterocycles. The molecular weight excluding hydrogens is 236 g/mol. The predicted octanol–water partition coefficient (Wildman–Crippen LogP) is 2.22. The number of nitrogens with one attached hydrogen (secondary N) is 2. The standard InChI is InChI=1S/C15H32N4/c1-4-6-7-8-11-17-15(16-3)18-13-14-10-9-12-19(14)5-2/h14H,4-13H2,1-3H3,(H2,16,17,18). The summed E-state index contributed by atoms with van der Waals surface area (Å²) >= 11 is 0. The van der Waals surface area contributed by atoms with Crippen molar-refractivity contribution in [2.75, 3.05) is 33.2 Å². The highest BCUT2D eigenvalue weighted by atomic mass is 15.2. The minimum atomic E-state index is 0.684. The molecule has 1 saturated heterocycles. The number of hydrogen-bond donors (Lipinski definition) is 2. The normalized spacial score (nSPS) is 20.8. The third-order valence-electron chi connectivity index (χ3n) is 3.96. The second-order valence-corrected chi connectivity index (χ2v) is 5.37. The first-order valence-electron chi connectivity index (χ1n) is 8.00. The molecule has 1 aliphatic rings. The van der Waals surface area contributed by atoms with E-state index in [2.05, 4.69) is 34.4 Å². The van der Waals surface area contributed by atoms with E-state index in [1.54, 1.807) is 0 Å². The molecule has 0 bridgehead atoms. The van der Waals surface area contributed by atoms with E-state index in [1.807, 2.05) is 7.05 Å². The van der Waals surface area contributed by atoms with E-state index < -0.39 is 0 Å². The molecule has 2 N–H and O–H groups in total. The highest BCUT2D eigenvalue weighted by Gasteiger charge is 2.22. The zero-order valence-corrected chi connectivity index (χ0v) is 13.0. The van der Waals surface area contributed by atoms with Gasteiger partial charge in [0, 0.05) is 26.2 Å².